The number of ether oxygens (including phenoxy) is 2. The molecule has 3 aliphatic rings. The number of hydrogen-bond donors (Lipinski definition) is 0. The van der Waals surface area contributed by atoms with Gasteiger partial charge in [-0.1, -0.05) is 18.2 Å². The molecule has 0 aliphatic carbocycles. The summed E-state index contributed by atoms with van der Waals surface area (Å²) >= 11 is 0. The molecular formula is C20H27FN2O2+2. The summed E-state index contributed by atoms with van der Waals surface area (Å²) in [6, 6.07) is 11.9. The molecule has 2 bridgehead atoms. The largest absolute Gasteiger partial charge is 0.497 e. The van der Waals surface area contributed by atoms with Crippen LogP contribution in [0, 0.1) is 0 Å². The highest BCUT2D eigenvalue weighted by Crippen LogP contribution is 2.35. The van der Waals surface area contributed by atoms with Crippen molar-refractivity contribution in [3.05, 3.63) is 36.4 Å². The van der Waals surface area contributed by atoms with Crippen LogP contribution in [-0.2, 0) is 0 Å². The Morgan fingerprint density at radius 3 is 2.60 bits per heavy atom. The van der Waals surface area contributed by atoms with Crippen molar-refractivity contribution in [3.8, 4) is 11.5 Å². The normalized spacial score (nSPS) is 32.6. The van der Waals surface area contributed by atoms with Crippen molar-refractivity contribution in [1.29, 1.82) is 0 Å². The second kappa shape index (κ2) is 5.85. The van der Waals surface area contributed by atoms with Gasteiger partial charge in [0.2, 0.25) is 6.04 Å². The number of hydrogen-bond acceptors (Lipinski definition) is 2. The van der Waals surface area contributed by atoms with Crippen LogP contribution in [0.2, 0.25) is 0 Å². The Labute approximate surface area is 148 Å². The van der Waals surface area contributed by atoms with E-state index in [1.54, 1.807) is 7.11 Å². The van der Waals surface area contributed by atoms with Crippen LogP contribution in [0.15, 0.2) is 36.4 Å². The minimum Gasteiger partial charge on any atom is -0.497 e. The van der Waals surface area contributed by atoms with Crippen LogP contribution in [0.1, 0.15) is 6.92 Å². The molecule has 1 unspecified atom stereocenters. The van der Waals surface area contributed by atoms with Gasteiger partial charge in [-0.2, -0.15) is 0 Å². The molecule has 4 nitrogen and oxygen atoms in total. The van der Waals surface area contributed by atoms with E-state index in [-0.39, 0.29) is 16.9 Å². The van der Waals surface area contributed by atoms with Crippen molar-refractivity contribution in [1.82, 2.24) is 0 Å². The lowest BCUT2D eigenvalue weighted by atomic mass is 10.00. The third-order valence-electron chi connectivity index (χ3n) is 6.15. The summed E-state index contributed by atoms with van der Waals surface area (Å²) in [5.41, 5.74) is 0. The molecule has 3 fully saturated rings. The fourth-order valence-corrected chi connectivity index (χ4v) is 4.41. The van der Waals surface area contributed by atoms with Gasteiger partial charge in [0, 0.05) is 5.39 Å². The van der Waals surface area contributed by atoms with Crippen molar-refractivity contribution in [2.45, 2.75) is 19.1 Å². The molecule has 0 amide bonds. The minimum atomic E-state index is -0.344. The summed E-state index contributed by atoms with van der Waals surface area (Å²) < 4.78 is 27.7. The molecule has 0 N–H and O–H groups in total. The van der Waals surface area contributed by atoms with Gasteiger partial charge in [-0.25, -0.2) is 0 Å². The van der Waals surface area contributed by atoms with Crippen molar-refractivity contribution in [2.24, 2.45) is 0 Å². The van der Waals surface area contributed by atoms with Crippen LogP contribution < -0.4 is 9.47 Å². The summed E-state index contributed by atoms with van der Waals surface area (Å²) in [4.78, 5) is 0. The molecule has 2 aromatic carbocycles. The zero-order valence-corrected chi connectivity index (χ0v) is 15.2. The first-order valence-corrected chi connectivity index (χ1v) is 9.06. The number of fused-ring (bicyclic) bond motifs is 4. The average Bonchev–Trinajstić information content (AvgIpc) is 2.62. The number of piperazine rings is 3. The van der Waals surface area contributed by atoms with Crippen molar-refractivity contribution in [2.75, 3.05) is 46.9 Å². The van der Waals surface area contributed by atoms with Crippen LogP contribution >= 0.6 is 0 Å². The van der Waals surface area contributed by atoms with E-state index in [1.807, 2.05) is 37.3 Å². The first-order valence-electron chi connectivity index (χ1n) is 9.06. The van der Waals surface area contributed by atoms with Crippen molar-refractivity contribution in [3.63, 3.8) is 0 Å². The number of quaternary nitrogens is 2. The maximum atomic E-state index is 15.4. The van der Waals surface area contributed by atoms with Crippen LogP contribution in [-0.4, -0.2) is 68.2 Å². The Morgan fingerprint density at radius 1 is 1.12 bits per heavy atom. The van der Waals surface area contributed by atoms with Gasteiger partial charge in [-0.15, -0.1) is 4.71 Å². The molecule has 5 rings (SSSR count). The van der Waals surface area contributed by atoms with Crippen LogP contribution in [0.3, 0.4) is 0 Å². The fraction of sp³-hybridized carbons (Fsp3) is 0.500. The van der Waals surface area contributed by atoms with E-state index >= 15 is 4.48 Å². The van der Waals surface area contributed by atoms with Gasteiger partial charge < -0.3 is 14.0 Å². The summed E-state index contributed by atoms with van der Waals surface area (Å²) in [5.74, 6) is 1.60. The Balaban J connectivity index is 1.63. The predicted octanol–water partition coefficient (Wildman–Crippen LogP) is 3.16. The van der Waals surface area contributed by atoms with E-state index in [1.165, 1.54) is 0 Å². The number of halogens is 1. The first-order chi connectivity index (χ1) is 11.9. The SMILES string of the molecule is COc1ccc2cccc(O[C@H](C)C3C[N+]4(C)CC[N+]3(F)CC4)c2c1. The van der Waals surface area contributed by atoms with E-state index in [2.05, 4.69) is 13.1 Å². The topological polar surface area (TPSA) is 18.5 Å². The van der Waals surface area contributed by atoms with Gasteiger partial charge in [0.1, 0.15) is 31.1 Å². The number of methoxy groups -OCH3 is 1. The molecule has 0 spiro atoms. The van der Waals surface area contributed by atoms with Gasteiger partial charge in [-0.05, 0) is 35.0 Å². The van der Waals surface area contributed by atoms with Crippen molar-refractivity contribution >= 4 is 10.8 Å². The molecule has 2 aromatic rings. The molecule has 3 heterocycles. The highest BCUT2D eigenvalue weighted by Gasteiger charge is 2.58. The first kappa shape index (κ1) is 16.6. The smallest absolute Gasteiger partial charge is 0.210 e. The Hall–Kier alpha value is -1.85. The zero-order chi connectivity index (χ0) is 17.7. The summed E-state index contributed by atoms with van der Waals surface area (Å²) in [5, 5.41) is 2.11. The minimum absolute atomic E-state index is 0.117. The number of likely N-dealkylation sites (N-methyl/N-ethyl adjacent to an activating group) is 1. The van der Waals surface area contributed by atoms with Crippen molar-refractivity contribution < 1.29 is 23.1 Å². The third kappa shape index (κ3) is 2.85. The molecule has 0 aromatic heterocycles. The van der Waals surface area contributed by atoms with E-state index in [0.717, 1.165) is 46.4 Å². The standard InChI is InChI=1S/C20H27FN2O2/c1-15(19-14-22(2)9-11-23(19,21)12-10-22)25-20-6-4-5-16-7-8-17(24-3)13-18(16)20/h4-8,13,15,19H,9-12,14H2,1-3H3/q+2/t15-,19?,22?,23?/m1/s1. The molecule has 3 saturated heterocycles. The monoisotopic (exact) mass is 346 g/mol. The number of benzene rings is 2. The van der Waals surface area contributed by atoms with E-state index in [9.17, 15) is 0 Å². The fourth-order valence-electron chi connectivity index (χ4n) is 4.41. The van der Waals surface area contributed by atoms with E-state index < -0.39 is 0 Å². The lowest BCUT2D eigenvalue weighted by Gasteiger charge is -2.52. The summed E-state index contributed by atoms with van der Waals surface area (Å²) in [7, 11) is 3.90. The van der Waals surface area contributed by atoms with E-state index in [4.69, 9.17) is 9.47 Å². The molecule has 0 saturated carbocycles. The van der Waals surface area contributed by atoms with Gasteiger partial charge >= 0.3 is 0 Å². The second-order valence-corrected chi connectivity index (χ2v) is 7.86. The Morgan fingerprint density at radius 2 is 1.88 bits per heavy atom. The molecular weight excluding hydrogens is 319 g/mol. The van der Waals surface area contributed by atoms with Crippen LogP contribution in [0.5, 0.6) is 11.5 Å². The second-order valence-electron chi connectivity index (χ2n) is 7.86. The van der Waals surface area contributed by atoms with Crippen LogP contribution in [0.25, 0.3) is 10.8 Å². The predicted molar refractivity (Wildman–Crippen MR) is 96.3 cm³/mol. The lowest BCUT2D eigenvalue weighted by molar-refractivity contribution is -1.16. The van der Waals surface area contributed by atoms with Gasteiger partial charge in [0.15, 0.2) is 19.2 Å². The Kier molecular flexibility index (Phi) is 3.89. The highest BCUT2D eigenvalue weighted by molar-refractivity contribution is 5.89. The molecule has 25 heavy (non-hydrogen) atoms. The molecule has 5 heteroatoms. The average molecular weight is 346 g/mol. The van der Waals surface area contributed by atoms with Gasteiger partial charge in [0.25, 0.3) is 0 Å². The number of rotatable bonds is 4. The molecule has 0 radical (unpaired) electrons. The quantitative estimate of drug-likeness (QED) is 0.625. The highest BCUT2D eigenvalue weighted by atomic mass is 19.2. The Bertz CT molecular complexity index is 786. The molecule has 134 valence electrons. The van der Waals surface area contributed by atoms with Crippen LogP contribution in [0.4, 0.5) is 4.48 Å². The summed E-state index contributed by atoms with van der Waals surface area (Å²) in [6.45, 7) is 5.88. The number of nitrogens with zero attached hydrogens (tertiary/aromatic N) is 2. The molecule has 2 atom stereocenters. The lowest BCUT2D eigenvalue weighted by Crippen LogP contribution is -2.77. The van der Waals surface area contributed by atoms with Gasteiger partial charge in [0.05, 0.1) is 14.2 Å². The third-order valence-corrected chi connectivity index (χ3v) is 6.15. The maximum absolute atomic E-state index is 15.4. The maximum Gasteiger partial charge on any atom is 0.210 e. The zero-order valence-electron chi connectivity index (χ0n) is 15.2. The van der Waals surface area contributed by atoms with E-state index in [0.29, 0.717) is 13.1 Å². The summed E-state index contributed by atoms with van der Waals surface area (Å²) in [6.07, 6.45) is -0.181. The molecule has 3 aliphatic heterocycles. The van der Waals surface area contributed by atoms with Gasteiger partial charge in [-0.3, -0.25) is 0 Å².